The standard InChI is InChI=1S/C9H17NO6S/c1-17(13,14)16-7-6-15-8-2-4-10(5-3-8)9(11)12/h8H,2-7H2,1H3,(H,11,12). The van der Waals surface area contributed by atoms with Crippen molar-refractivity contribution in [2.75, 3.05) is 32.6 Å². The van der Waals surface area contributed by atoms with Crippen molar-refractivity contribution in [3.63, 3.8) is 0 Å². The molecule has 8 heteroatoms. The monoisotopic (exact) mass is 267 g/mol. The second-order valence-corrected chi connectivity index (χ2v) is 5.51. The van der Waals surface area contributed by atoms with Crippen LogP contribution in [0.25, 0.3) is 0 Å². The van der Waals surface area contributed by atoms with Crippen LogP contribution in [0.1, 0.15) is 12.8 Å². The first-order valence-corrected chi connectivity index (χ1v) is 7.14. The minimum atomic E-state index is -3.41. The van der Waals surface area contributed by atoms with Crippen LogP contribution in [0.3, 0.4) is 0 Å². The molecule has 0 saturated carbocycles. The molecular formula is C9H17NO6S. The number of hydrogen-bond acceptors (Lipinski definition) is 5. The number of ether oxygens (including phenoxy) is 1. The maximum absolute atomic E-state index is 10.7. The smallest absolute Gasteiger partial charge is 0.407 e. The second kappa shape index (κ2) is 6.18. The molecule has 100 valence electrons. The van der Waals surface area contributed by atoms with E-state index in [1.807, 2.05) is 0 Å². The first-order chi connectivity index (χ1) is 7.88. The molecule has 1 heterocycles. The zero-order valence-corrected chi connectivity index (χ0v) is 10.5. The molecular weight excluding hydrogens is 250 g/mol. The van der Waals surface area contributed by atoms with E-state index in [4.69, 9.17) is 9.84 Å². The van der Waals surface area contributed by atoms with Crippen LogP contribution in [0, 0.1) is 0 Å². The molecule has 0 unspecified atom stereocenters. The van der Waals surface area contributed by atoms with Crippen LogP contribution in [-0.2, 0) is 19.0 Å². The molecule has 0 radical (unpaired) electrons. The average Bonchev–Trinajstić information content (AvgIpc) is 2.24. The number of carbonyl (C=O) groups is 1. The largest absolute Gasteiger partial charge is 0.465 e. The number of carboxylic acid groups (broad SMARTS) is 1. The molecule has 0 bridgehead atoms. The quantitative estimate of drug-likeness (QED) is 0.562. The molecule has 0 aromatic heterocycles. The SMILES string of the molecule is CS(=O)(=O)OCCOC1CCN(C(=O)O)CC1. The van der Waals surface area contributed by atoms with Crippen molar-refractivity contribution >= 4 is 16.2 Å². The molecule has 1 aliphatic rings. The highest BCUT2D eigenvalue weighted by molar-refractivity contribution is 7.85. The Labute approximate surface area is 100 Å². The fourth-order valence-corrected chi connectivity index (χ4v) is 1.98. The van der Waals surface area contributed by atoms with Gasteiger partial charge in [0.15, 0.2) is 0 Å². The van der Waals surface area contributed by atoms with Crippen molar-refractivity contribution in [3.8, 4) is 0 Å². The van der Waals surface area contributed by atoms with Gasteiger partial charge in [0.1, 0.15) is 0 Å². The van der Waals surface area contributed by atoms with Crippen LogP contribution in [0.4, 0.5) is 4.79 Å². The molecule has 1 fully saturated rings. The Morgan fingerprint density at radius 1 is 1.35 bits per heavy atom. The van der Waals surface area contributed by atoms with Crippen LogP contribution >= 0.6 is 0 Å². The Hall–Kier alpha value is -0.860. The Kier molecular flexibility index (Phi) is 5.16. The van der Waals surface area contributed by atoms with Crippen LogP contribution in [0.5, 0.6) is 0 Å². The molecule has 1 rings (SSSR count). The predicted molar refractivity (Wildman–Crippen MR) is 59.4 cm³/mol. The van der Waals surface area contributed by atoms with Gasteiger partial charge in [0.25, 0.3) is 10.1 Å². The minimum absolute atomic E-state index is 0.00201. The first-order valence-electron chi connectivity index (χ1n) is 5.32. The fourth-order valence-electron chi connectivity index (χ4n) is 1.61. The highest BCUT2D eigenvalue weighted by Crippen LogP contribution is 2.13. The van der Waals surface area contributed by atoms with E-state index < -0.39 is 16.2 Å². The Bertz CT molecular complexity index is 346. The van der Waals surface area contributed by atoms with Crippen molar-refractivity contribution in [3.05, 3.63) is 0 Å². The molecule has 0 aliphatic carbocycles. The summed E-state index contributed by atoms with van der Waals surface area (Å²) in [4.78, 5) is 12.0. The van der Waals surface area contributed by atoms with Gasteiger partial charge in [0.2, 0.25) is 0 Å². The summed E-state index contributed by atoms with van der Waals surface area (Å²) in [6.07, 6.45) is 1.31. The van der Waals surface area contributed by atoms with Crippen molar-refractivity contribution in [1.82, 2.24) is 4.90 Å². The van der Waals surface area contributed by atoms with Gasteiger partial charge in [-0.15, -0.1) is 0 Å². The summed E-state index contributed by atoms with van der Waals surface area (Å²) < 4.78 is 31.2. The van der Waals surface area contributed by atoms with Crippen LogP contribution in [0.2, 0.25) is 0 Å². The van der Waals surface area contributed by atoms with E-state index >= 15 is 0 Å². The van der Waals surface area contributed by atoms with Crippen LogP contribution in [-0.4, -0.2) is 63.2 Å². The molecule has 0 atom stereocenters. The highest BCUT2D eigenvalue weighted by atomic mass is 32.2. The van der Waals surface area contributed by atoms with E-state index in [0.717, 1.165) is 6.26 Å². The van der Waals surface area contributed by atoms with Crippen molar-refractivity contribution in [1.29, 1.82) is 0 Å². The van der Waals surface area contributed by atoms with Gasteiger partial charge in [-0.25, -0.2) is 4.79 Å². The average molecular weight is 267 g/mol. The lowest BCUT2D eigenvalue weighted by Crippen LogP contribution is -2.40. The van der Waals surface area contributed by atoms with Crippen LogP contribution < -0.4 is 0 Å². The second-order valence-electron chi connectivity index (χ2n) is 3.87. The number of rotatable bonds is 5. The molecule has 0 spiro atoms. The van der Waals surface area contributed by atoms with Crippen molar-refractivity contribution in [2.24, 2.45) is 0 Å². The summed E-state index contributed by atoms with van der Waals surface area (Å²) in [5.74, 6) is 0. The number of likely N-dealkylation sites (tertiary alicyclic amines) is 1. The maximum Gasteiger partial charge on any atom is 0.407 e. The number of nitrogens with zero attached hydrogens (tertiary/aromatic N) is 1. The van der Waals surface area contributed by atoms with Crippen molar-refractivity contribution in [2.45, 2.75) is 18.9 Å². The number of hydrogen-bond donors (Lipinski definition) is 1. The van der Waals surface area contributed by atoms with Gasteiger partial charge in [-0.2, -0.15) is 8.42 Å². The third kappa shape index (κ3) is 5.85. The third-order valence-electron chi connectivity index (χ3n) is 2.45. The molecule has 1 amide bonds. The van der Waals surface area contributed by atoms with Gasteiger partial charge in [0, 0.05) is 13.1 Å². The van der Waals surface area contributed by atoms with Gasteiger partial charge in [-0.3, -0.25) is 4.18 Å². The number of amides is 1. The van der Waals surface area contributed by atoms with Gasteiger partial charge >= 0.3 is 6.09 Å². The van der Waals surface area contributed by atoms with E-state index in [1.54, 1.807) is 0 Å². The van der Waals surface area contributed by atoms with Gasteiger partial charge in [-0.1, -0.05) is 0 Å². The van der Waals surface area contributed by atoms with E-state index in [-0.39, 0.29) is 19.3 Å². The lowest BCUT2D eigenvalue weighted by molar-refractivity contribution is -0.00105. The zero-order chi connectivity index (χ0) is 12.9. The van der Waals surface area contributed by atoms with Crippen molar-refractivity contribution < 1.29 is 27.2 Å². The van der Waals surface area contributed by atoms with Crippen LogP contribution in [0.15, 0.2) is 0 Å². The summed E-state index contributed by atoms with van der Waals surface area (Å²) >= 11 is 0. The molecule has 7 nitrogen and oxygen atoms in total. The van der Waals surface area contributed by atoms with Gasteiger partial charge < -0.3 is 14.7 Å². The van der Waals surface area contributed by atoms with E-state index in [0.29, 0.717) is 25.9 Å². The first kappa shape index (κ1) is 14.2. The topological polar surface area (TPSA) is 93.1 Å². The minimum Gasteiger partial charge on any atom is -0.465 e. The highest BCUT2D eigenvalue weighted by Gasteiger charge is 2.22. The van der Waals surface area contributed by atoms with E-state index in [2.05, 4.69) is 4.18 Å². The molecule has 0 aromatic rings. The third-order valence-corrected chi connectivity index (χ3v) is 3.04. The van der Waals surface area contributed by atoms with E-state index in [9.17, 15) is 13.2 Å². The summed E-state index contributed by atoms with van der Waals surface area (Å²) in [7, 11) is -3.41. The Balaban J connectivity index is 2.12. The lowest BCUT2D eigenvalue weighted by Gasteiger charge is -2.29. The molecule has 1 N–H and O–H groups in total. The Morgan fingerprint density at radius 2 is 1.94 bits per heavy atom. The molecule has 1 saturated heterocycles. The predicted octanol–water partition coefficient (Wildman–Crippen LogP) is 0.122. The molecule has 1 aliphatic heterocycles. The molecule has 0 aromatic carbocycles. The van der Waals surface area contributed by atoms with Gasteiger partial charge in [0.05, 0.1) is 25.6 Å². The molecule has 17 heavy (non-hydrogen) atoms. The fraction of sp³-hybridized carbons (Fsp3) is 0.889. The summed E-state index contributed by atoms with van der Waals surface area (Å²) in [6, 6.07) is 0. The summed E-state index contributed by atoms with van der Waals surface area (Å²) in [5, 5.41) is 8.73. The summed E-state index contributed by atoms with van der Waals surface area (Å²) in [6.45, 7) is 1.10. The zero-order valence-electron chi connectivity index (χ0n) is 9.66. The number of piperidine rings is 1. The lowest BCUT2D eigenvalue weighted by atomic mass is 10.1. The normalized spacial score (nSPS) is 18.3. The summed E-state index contributed by atoms with van der Waals surface area (Å²) in [5.41, 5.74) is 0. The van der Waals surface area contributed by atoms with Gasteiger partial charge in [-0.05, 0) is 12.8 Å². The van der Waals surface area contributed by atoms with E-state index in [1.165, 1.54) is 4.90 Å². The Morgan fingerprint density at radius 3 is 2.41 bits per heavy atom. The maximum atomic E-state index is 10.7.